The van der Waals surface area contributed by atoms with Crippen LogP contribution >= 0.6 is 0 Å². The van der Waals surface area contributed by atoms with E-state index < -0.39 is 23.2 Å². The van der Waals surface area contributed by atoms with Gasteiger partial charge in [0.25, 0.3) is 5.91 Å². The normalized spacial score (nSPS) is 16.2. The molecule has 0 aromatic heterocycles. The SMILES string of the molecule is Cc1ccc(O[C@@H](C)C(=O)NCC2(c3ccc(F)cc3F)CC2)cc1. The van der Waals surface area contributed by atoms with Crippen molar-refractivity contribution < 1.29 is 18.3 Å². The van der Waals surface area contributed by atoms with Gasteiger partial charge >= 0.3 is 0 Å². The Labute approximate surface area is 146 Å². The molecule has 3 rings (SSSR count). The first-order valence-corrected chi connectivity index (χ1v) is 8.36. The van der Waals surface area contributed by atoms with Crippen LogP contribution in [-0.4, -0.2) is 18.6 Å². The monoisotopic (exact) mass is 345 g/mol. The molecule has 2 aromatic rings. The Bertz CT molecular complexity index is 770. The number of carbonyl (C=O) groups is 1. The zero-order chi connectivity index (χ0) is 18.0. The van der Waals surface area contributed by atoms with E-state index in [1.807, 2.05) is 31.2 Å². The Hall–Kier alpha value is -2.43. The van der Waals surface area contributed by atoms with Crippen molar-refractivity contribution in [3.63, 3.8) is 0 Å². The summed E-state index contributed by atoms with van der Waals surface area (Å²) in [6.07, 6.45) is 0.878. The van der Waals surface area contributed by atoms with Crippen molar-refractivity contribution in [3.05, 3.63) is 65.2 Å². The van der Waals surface area contributed by atoms with Gasteiger partial charge in [-0.05, 0) is 50.5 Å². The van der Waals surface area contributed by atoms with Gasteiger partial charge in [-0.2, -0.15) is 0 Å². The number of aryl methyl sites for hydroxylation is 1. The van der Waals surface area contributed by atoms with E-state index in [1.54, 1.807) is 6.92 Å². The minimum Gasteiger partial charge on any atom is -0.481 e. The second-order valence-corrected chi connectivity index (χ2v) is 6.70. The lowest BCUT2D eigenvalue weighted by Gasteiger charge is -2.20. The molecule has 1 N–H and O–H groups in total. The lowest BCUT2D eigenvalue weighted by molar-refractivity contribution is -0.127. The number of halogens is 2. The van der Waals surface area contributed by atoms with Crippen molar-refractivity contribution in [3.8, 4) is 5.75 Å². The minimum atomic E-state index is -0.656. The molecule has 1 aliphatic rings. The van der Waals surface area contributed by atoms with Gasteiger partial charge in [-0.25, -0.2) is 8.78 Å². The van der Waals surface area contributed by atoms with Crippen molar-refractivity contribution in [1.82, 2.24) is 5.32 Å². The van der Waals surface area contributed by atoms with Gasteiger partial charge in [0, 0.05) is 18.0 Å². The summed E-state index contributed by atoms with van der Waals surface area (Å²) < 4.78 is 32.7. The van der Waals surface area contributed by atoms with Gasteiger partial charge in [-0.3, -0.25) is 4.79 Å². The number of hydrogen-bond donors (Lipinski definition) is 1. The van der Waals surface area contributed by atoms with Crippen LogP contribution in [0.3, 0.4) is 0 Å². The van der Waals surface area contributed by atoms with Crippen molar-refractivity contribution in [2.45, 2.75) is 38.2 Å². The maximum atomic E-state index is 14.0. The van der Waals surface area contributed by atoms with E-state index in [-0.39, 0.29) is 5.91 Å². The molecular weight excluding hydrogens is 324 g/mol. The maximum absolute atomic E-state index is 14.0. The Kier molecular flexibility index (Phi) is 4.75. The second-order valence-electron chi connectivity index (χ2n) is 6.70. The van der Waals surface area contributed by atoms with Crippen LogP contribution in [0.4, 0.5) is 8.78 Å². The van der Waals surface area contributed by atoms with Gasteiger partial charge in [0.05, 0.1) is 0 Å². The van der Waals surface area contributed by atoms with Crippen LogP contribution in [0.5, 0.6) is 5.75 Å². The Morgan fingerprint density at radius 3 is 2.48 bits per heavy atom. The smallest absolute Gasteiger partial charge is 0.260 e. The molecule has 0 unspecified atom stereocenters. The average molecular weight is 345 g/mol. The van der Waals surface area contributed by atoms with E-state index in [4.69, 9.17) is 4.74 Å². The van der Waals surface area contributed by atoms with Crippen LogP contribution in [0.25, 0.3) is 0 Å². The molecule has 0 aliphatic heterocycles. The Balaban J connectivity index is 1.59. The predicted molar refractivity (Wildman–Crippen MR) is 91.5 cm³/mol. The Morgan fingerprint density at radius 2 is 1.88 bits per heavy atom. The van der Waals surface area contributed by atoms with Gasteiger partial charge < -0.3 is 10.1 Å². The quantitative estimate of drug-likeness (QED) is 0.863. The molecule has 1 aliphatic carbocycles. The molecule has 1 atom stereocenters. The number of hydrogen-bond acceptors (Lipinski definition) is 2. The number of carbonyl (C=O) groups excluding carboxylic acids is 1. The molecule has 1 saturated carbocycles. The summed E-state index contributed by atoms with van der Waals surface area (Å²) in [7, 11) is 0. The van der Waals surface area contributed by atoms with Crippen molar-refractivity contribution in [2.75, 3.05) is 6.54 Å². The van der Waals surface area contributed by atoms with Gasteiger partial charge in [-0.15, -0.1) is 0 Å². The van der Waals surface area contributed by atoms with Crippen molar-refractivity contribution >= 4 is 5.91 Å². The van der Waals surface area contributed by atoms with E-state index in [0.29, 0.717) is 17.9 Å². The topological polar surface area (TPSA) is 38.3 Å². The second kappa shape index (κ2) is 6.82. The molecule has 0 saturated heterocycles. The molecule has 1 fully saturated rings. The fourth-order valence-electron chi connectivity index (χ4n) is 2.89. The third-order valence-electron chi connectivity index (χ3n) is 4.66. The van der Waals surface area contributed by atoms with Crippen LogP contribution in [0.1, 0.15) is 30.9 Å². The van der Waals surface area contributed by atoms with Gasteiger partial charge in [0.15, 0.2) is 6.10 Å². The highest BCUT2D eigenvalue weighted by molar-refractivity contribution is 5.80. The fourth-order valence-corrected chi connectivity index (χ4v) is 2.89. The van der Waals surface area contributed by atoms with Crippen LogP contribution in [0.15, 0.2) is 42.5 Å². The molecule has 25 heavy (non-hydrogen) atoms. The summed E-state index contributed by atoms with van der Waals surface area (Å²) in [4.78, 5) is 12.3. The molecule has 0 bridgehead atoms. The number of nitrogens with one attached hydrogen (secondary N) is 1. The van der Waals surface area contributed by atoms with E-state index in [2.05, 4.69) is 5.32 Å². The minimum absolute atomic E-state index is 0.255. The molecule has 3 nitrogen and oxygen atoms in total. The lowest BCUT2D eigenvalue weighted by Crippen LogP contribution is -2.40. The maximum Gasteiger partial charge on any atom is 0.260 e. The standard InChI is InChI=1S/C20H21F2NO2/c1-13-3-6-16(7-4-13)25-14(2)19(24)23-12-20(9-10-20)17-8-5-15(21)11-18(17)22/h3-8,11,14H,9-10,12H2,1-2H3,(H,23,24)/t14-/m0/s1. The molecule has 0 heterocycles. The van der Waals surface area contributed by atoms with Gasteiger partial charge in [-0.1, -0.05) is 23.8 Å². The number of benzene rings is 2. The van der Waals surface area contributed by atoms with Crippen molar-refractivity contribution in [2.24, 2.45) is 0 Å². The van der Waals surface area contributed by atoms with Gasteiger partial charge in [0.1, 0.15) is 17.4 Å². The molecular formula is C20H21F2NO2. The van der Waals surface area contributed by atoms with Crippen molar-refractivity contribution in [1.29, 1.82) is 0 Å². The summed E-state index contributed by atoms with van der Waals surface area (Å²) in [6.45, 7) is 3.97. The largest absolute Gasteiger partial charge is 0.481 e. The predicted octanol–water partition coefficient (Wildman–Crippen LogP) is 3.89. The van der Waals surface area contributed by atoms with Crippen LogP contribution in [0, 0.1) is 18.6 Å². The summed E-state index contributed by atoms with van der Waals surface area (Å²) in [5, 5.41) is 2.83. The summed E-state index contributed by atoms with van der Waals surface area (Å²) >= 11 is 0. The summed E-state index contributed by atoms with van der Waals surface area (Å²) in [5.74, 6) is -0.787. The zero-order valence-electron chi connectivity index (χ0n) is 14.3. The summed E-state index contributed by atoms with van der Waals surface area (Å²) in [5.41, 5.74) is 1.14. The molecule has 2 aromatic carbocycles. The van der Waals surface area contributed by atoms with E-state index in [9.17, 15) is 13.6 Å². The third-order valence-corrected chi connectivity index (χ3v) is 4.66. The number of ether oxygens (including phenoxy) is 1. The average Bonchev–Trinajstić information content (AvgIpc) is 3.35. The number of amides is 1. The third kappa shape index (κ3) is 3.98. The van der Waals surface area contributed by atoms with E-state index in [1.165, 1.54) is 12.1 Å². The highest BCUT2D eigenvalue weighted by Gasteiger charge is 2.46. The number of rotatable bonds is 6. The van der Waals surface area contributed by atoms with E-state index in [0.717, 1.165) is 24.5 Å². The molecule has 1 amide bonds. The van der Waals surface area contributed by atoms with Crippen LogP contribution < -0.4 is 10.1 Å². The first-order valence-electron chi connectivity index (χ1n) is 8.36. The molecule has 0 radical (unpaired) electrons. The first-order chi connectivity index (χ1) is 11.9. The Morgan fingerprint density at radius 1 is 1.20 bits per heavy atom. The zero-order valence-corrected chi connectivity index (χ0v) is 14.3. The fraction of sp³-hybridized carbons (Fsp3) is 0.350. The van der Waals surface area contributed by atoms with Crippen LogP contribution in [-0.2, 0) is 10.2 Å². The van der Waals surface area contributed by atoms with Gasteiger partial charge in [0.2, 0.25) is 0 Å². The molecule has 5 heteroatoms. The molecule has 0 spiro atoms. The van der Waals surface area contributed by atoms with E-state index >= 15 is 0 Å². The lowest BCUT2D eigenvalue weighted by atomic mass is 9.95. The highest BCUT2D eigenvalue weighted by atomic mass is 19.1. The highest BCUT2D eigenvalue weighted by Crippen LogP contribution is 2.48. The summed E-state index contributed by atoms with van der Waals surface area (Å²) in [6, 6.07) is 11.1. The molecule has 132 valence electrons. The van der Waals surface area contributed by atoms with Crippen LogP contribution in [0.2, 0.25) is 0 Å². The first kappa shape index (κ1) is 17.4.